The van der Waals surface area contributed by atoms with Gasteiger partial charge in [0.1, 0.15) is 5.75 Å². The van der Waals surface area contributed by atoms with Crippen molar-refractivity contribution in [2.45, 2.75) is 51.2 Å². The second kappa shape index (κ2) is 8.88. The van der Waals surface area contributed by atoms with Crippen molar-refractivity contribution < 1.29 is 28.5 Å². The molecule has 0 saturated heterocycles. The Balaban J connectivity index is 1.24. The number of rotatable bonds is 7. The van der Waals surface area contributed by atoms with Gasteiger partial charge in [0, 0.05) is 24.6 Å². The lowest BCUT2D eigenvalue weighted by Gasteiger charge is -2.21. The molecule has 2 aromatic carbocycles. The number of para-hydroxylation sites is 1. The summed E-state index contributed by atoms with van der Waals surface area (Å²) in [5.74, 6) is 0.615. The Labute approximate surface area is 181 Å². The molecule has 164 valence electrons. The predicted octanol–water partition coefficient (Wildman–Crippen LogP) is 4.41. The number of nitrogens with one attached hydrogen (secondary N) is 1. The molecule has 1 spiro atoms. The Kier molecular flexibility index (Phi) is 6.02. The van der Waals surface area contributed by atoms with Crippen molar-refractivity contribution in [1.29, 1.82) is 0 Å². The van der Waals surface area contributed by atoms with Crippen LogP contribution in [0, 0.1) is 0 Å². The fourth-order valence-electron chi connectivity index (χ4n) is 3.90. The zero-order valence-electron chi connectivity index (χ0n) is 17.8. The third-order valence-electron chi connectivity index (χ3n) is 5.44. The second-order valence-corrected chi connectivity index (χ2v) is 8.17. The molecule has 2 aliphatic rings. The van der Waals surface area contributed by atoms with E-state index < -0.39 is 24.3 Å². The Morgan fingerprint density at radius 1 is 1.03 bits per heavy atom. The molecular formula is C24H27NO6. The minimum absolute atomic E-state index is 0.261. The first-order valence-electron chi connectivity index (χ1n) is 10.6. The summed E-state index contributed by atoms with van der Waals surface area (Å²) >= 11 is 0. The number of fused-ring (bicyclic) bond motifs is 1. The van der Waals surface area contributed by atoms with E-state index in [1.165, 1.54) is 0 Å². The number of amides is 1. The first-order chi connectivity index (χ1) is 14.9. The summed E-state index contributed by atoms with van der Waals surface area (Å²) in [7, 11) is 0. The van der Waals surface area contributed by atoms with E-state index in [0.717, 1.165) is 31.2 Å². The molecule has 1 amide bonds. The summed E-state index contributed by atoms with van der Waals surface area (Å²) in [6, 6.07) is 12.8. The van der Waals surface area contributed by atoms with Crippen molar-refractivity contribution in [2.24, 2.45) is 0 Å². The quantitative estimate of drug-likeness (QED) is 0.662. The molecule has 1 heterocycles. The van der Waals surface area contributed by atoms with Crippen LogP contribution in [-0.2, 0) is 14.3 Å². The van der Waals surface area contributed by atoms with Gasteiger partial charge < -0.3 is 24.3 Å². The topological polar surface area (TPSA) is 83.1 Å². The van der Waals surface area contributed by atoms with Crippen molar-refractivity contribution >= 4 is 17.6 Å². The van der Waals surface area contributed by atoms with Crippen LogP contribution in [0.2, 0.25) is 0 Å². The van der Waals surface area contributed by atoms with Crippen LogP contribution in [0.3, 0.4) is 0 Å². The molecule has 7 heteroatoms. The van der Waals surface area contributed by atoms with E-state index in [9.17, 15) is 9.59 Å². The first-order valence-corrected chi connectivity index (χ1v) is 10.6. The number of hydrogen-bond acceptors (Lipinski definition) is 6. The van der Waals surface area contributed by atoms with Gasteiger partial charge in [-0.15, -0.1) is 0 Å². The highest BCUT2D eigenvalue weighted by atomic mass is 16.7. The fourth-order valence-corrected chi connectivity index (χ4v) is 3.90. The van der Waals surface area contributed by atoms with Crippen LogP contribution in [0.1, 0.15) is 51.0 Å². The SMILES string of the molecule is CC(C)c1ccccc1OCC(=O)OCC(=O)Nc1ccc2c(c1)OC1(CCCC1)O2. The lowest BCUT2D eigenvalue weighted by atomic mass is 10.0. The van der Waals surface area contributed by atoms with Crippen LogP contribution in [0.5, 0.6) is 17.2 Å². The molecule has 0 aromatic heterocycles. The number of ether oxygens (including phenoxy) is 4. The maximum Gasteiger partial charge on any atom is 0.344 e. The Morgan fingerprint density at radius 3 is 2.55 bits per heavy atom. The number of esters is 1. The number of hydrogen-bond donors (Lipinski definition) is 1. The minimum Gasteiger partial charge on any atom is -0.482 e. The summed E-state index contributed by atoms with van der Waals surface area (Å²) in [6.07, 6.45) is 3.89. The van der Waals surface area contributed by atoms with Crippen LogP contribution < -0.4 is 19.5 Å². The highest BCUT2D eigenvalue weighted by Crippen LogP contribution is 2.47. The van der Waals surface area contributed by atoms with E-state index in [4.69, 9.17) is 18.9 Å². The summed E-state index contributed by atoms with van der Waals surface area (Å²) in [5.41, 5.74) is 1.57. The van der Waals surface area contributed by atoms with E-state index in [0.29, 0.717) is 22.9 Å². The van der Waals surface area contributed by atoms with Crippen molar-refractivity contribution in [1.82, 2.24) is 0 Å². The van der Waals surface area contributed by atoms with Crippen LogP contribution >= 0.6 is 0 Å². The molecule has 1 fully saturated rings. The monoisotopic (exact) mass is 425 g/mol. The number of anilines is 1. The molecule has 1 aliphatic carbocycles. The first kappa shape index (κ1) is 21.0. The van der Waals surface area contributed by atoms with Crippen LogP contribution in [-0.4, -0.2) is 30.9 Å². The summed E-state index contributed by atoms with van der Waals surface area (Å²) in [4.78, 5) is 24.2. The number of carbonyl (C=O) groups is 2. The molecule has 0 unspecified atom stereocenters. The lowest BCUT2D eigenvalue weighted by molar-refractivity contribution is -0.149. The van der Waals surface area contributed by atoms with E-state index in [2.05, 4.69) is 19.2 Å². The normalized spacial score (nSPS) is 15.8. The zero-order valence-corrected chi connectivity index (χ0v) is 17.8. The van der Waals surface area contributed by atoms with Crippen LogP contribution in [0.15, 0.2) is 42.5 Å². The minimum atomic E-state index is -0.609. The average Bonchev–Trinajstić information content (AvgIpc) is 3.36. The smallest absolute Gasteiger partial charge is 0.344 e. The van der Waals surface area contributed by atoms with Crippen molar-refractivity contribution in [3.63, 3.8) is 0 Å². The van der Waals surface area contributed by atoms with Gasteiger partial charge in [-0.1, -0.05) is 32.0 Å². The molecule has 0 radical (unpaired) electrons. The van der Waals surface area contributed by atoms with Gasteiger partial charge >= 0.3 is 5.97 Å². The van der Waals surface area contributed by atoms with Crippen LogP contribution in [0.25, 0.3) is 0 Å². The van der Waals surface area contributed by atoms with E-state index in [1.54, 1.807) is 18.2 Å². The molecule has 0 atom stereocenters. The third-order valence-corrected chi connectivity index (χ3v) is 5.44. The zero-order chi connectivity index (χ0) is 21.8. The average molecular weight is 425 g/mol. The molecule has 4 rings (SSSR count). The second-order valence-electron chi connectivity index (χ2n) is 8.17. The van der Waals surface area contributed by atoms with Gasteiger partial charge in [0.05, 0.1) is 0 Å². The number of carbonyl (C=O) groups excluding carboxylic acids is 2. The highest BCUT2D eigenvalue weighted by molar-refractivity contribution is 5.93. The van der Waals surface area contributed by atoms with Crippen molar-refractivity contribution in [3.05, 3.63) is 48.0 Å². The largest absolute Gasteiger partial charge is 0.482 e. The van der Waals surface area contributed by atoms with Gasteiger partial charge in [-0.25, -0.2) is 4.79 Å². The Morgan fingerprint density at radius 2 is 1.77 bits per heavy atom. The van der Waals surface area contributed by atoms with Crippen LogP contribution in [0.4, 0.5) is 5.69 Å². The maximum atomic E-state index is 12.2. The van der Waals surface area contributed by atoms with Crippen molar-refractivity contribution in [2.75, 3.05) is 18.5 Å². The van der Waals surface area contributed by atoms with E-state index in [-0.39, 0.29) is 12.5 Å². The van der Waals surface area contributed by atoms with E-state index in [1.807, 2.05) is 24.3 Å². The molecule has 0 bridgehead atoms. The predicted molar refractivity (Wildman–Crippen MR) is 115 cm³/mol. The molecule has 2 aromatic rings. The third kappa shape index (κ3) is 4.93. The summed E-state index contributed by atoms with van der Waals surface area (Å²) in [6.45, 7) is 3.44. The standard InChI is InChI=1S/C24H27NO6/c1-16(2)18-7-3-4-8-19(18)28-15-23(27)29-14-22(26)25-17-9-10-20-21(13-17)31-24(30-20)11-5-6-12-24/h3-4,7-10,13,16H,5-6,11-12,14-15H2,1-2H3,(H,25,26). The number of benzene rings is 2. The molecule has 31 heavy (non-hydrogen) atoms. The molecule has 7 nitrogen and oxygen atoms in total. The van der Waals surface area contributed by atoms with Gasteiger partial charge in [0.25, 0.3) is 11.7 Å². The molecule has 1 saturated carbocycles. The van der Waals surface area contributed by atoms with Gasteiger partial charge in [-0.2, -0.15) is 0 Å². The molecular weight excluding hydrogens is 398 g/mol. The Bertz CT molecular complexity index is 964. The fraction of sp³-hybridized carbons (Fsp3) is 0.417. The van der Waals surface area contributed by atoms with E-state index >= 15 is 0 Å². The lowest BCUT2D eigenvalue weighted by Crippen LogP contribution is -2.34. The molecule has 1 N–H and O–H groups in total. The Hall–Kier alpha value is -3.22. The summed E-state index contributed by atoms with van der Waals surface area (Å²) in [5, 5.41) is 2.71. The highest BCUT2D eigenvalue weighted by Gasteiger charge is 2.44. The maximum absolute atomic E-state index is 12.2. The summed E-state index contributed by atoms with van der Waals surface area (Å²) < 4.78 is 22.6. The van der Waals surface area contributed by atoms with Gasteiger partial charge in [-0.05, 0) is 42.5 Å². The van der Waals surface area contributed by atoms with Crippen molar-refractivity contribution in [3.8, 4) is 17.2 Å². The van der Waals surface area contributed by atoms with Gasteiger partial charge in [0.2, 0.25) is 0 Å². The molecule has 1 aliphatic heterocycles. The van der Waals surface area contributed by atoms with Gasteiger partial charge in [0.15, 0.2) is 24.7 Å². The van der Waals surface area contributed by atoms with Gasteiger partial charge in [-0.3, -0.25) is 4.79 Å².